The summed E-state index contributed by atoms with van der Waals surface area (Å²) in [7, 11) is 1.28. The molecule has 1 aliphatic heterocycles. The van der Waals surface area contributed by atoms with Crippen molar-refractivity contribution in [1.82, 2.24) is 24.4 Å². The summed E-state index contributed by atoms with van der Waals surface area (Å²) >= 11 is 0. The lowest BCUT2D eigenvalue weighted by Crippen LogP contribution is -2.44. The Kier molecular flexibility index (Phi) is 9.11. The number of carbonyl (C=O) groups is 1. The molecule has 4 rings (SSSR count). The van der Waals surface area contributed by atoms with E-state index in [1.54, 1.807) is 6.92 Å². The zero-order valence-corrected chi connectivity index (χ0v) is 20.6. The minimum Gasteiger partial charge on any atom is -0.466 e. The lowest BCUT2D eigenvalue weighted by molar-refractivity contribution is -0.143. The summed E-state index contributed by atoms with van der Waals surface area (Å²) in [6, 6.07) is 9.88. The summed E-state index contributed by atoms with van der Waals surface area (Å²) < 4.78 is 13.6. The highest BCUT2D eigenvalue weighted by atomic mass is 35.5. The van der Waals surface area contributed by atoms with Crippen LogP contribution in [0.2, 0.25) is 0 Å². The summed E-state index contributed by atoms with van der Waals surface area (Å²) in [5.74, 6) is 6.04. The van der Waals surface area contributed by atoms with Crippen LogP contribution in [0.3, 0.4) is 0 Å². The molecule has 0 amide bonds. The fourth-order valence-corrected chi connectivity index (χ4v) is 3.87. The van der Waals surface area contributed by atoms with Crippen molar-refractivity contribution in [3.05, 3.63) is 46.2 Å². The first-order valence-electron chi connectivity index (χ1n) is 11.2. The number of hydrogen-bond acceptors (Lipinski definition) is 8. The van der Waals surface area contributed by atoms with Gasteiger partial charge in [0, 0.05) is 32.7 Å². The summed E-state index contributed by atoms with van der Waals surface area (Å²) in [5, 5.41) is 3.32. The lowest BCUT2D eigenvalue weighted by Gasteiger charge is -2.28. The van der Waals surface area contributed by atoms with E-state index in [1.165, 1.54) is 11.7 Å². The third-order valence-electron chi connectivity index (χ3n) is 5.64. The van der Waals surface area contributed by atoms with Crippen LogP contribution >= 0.6 is 12.4 Å². The quantitative estimate of drug-likeness (QED) is 0.364. The van der Waals surface area contributed by atoms with E-state index in [0.717, 1.165) is 31.7 Å². The molecule has 1 aliphatic rings. The molecule has 0 radical (unpaired) electrons. The van der Waals surface area contributed by atoms with Gasteiger partial charge in [-0.05, 0) is 18.9 Å². The lowest BCUT2D eigenvalue weighted by atomic mass is 10.1. The highest BCUT2D eigenvalue weighted by Crippen LogP contribution is 2.22. The number of fused-ring (bicyclic) bond motifs is 1. The molecule has 1 N–H and O–H groups in total. The van der Waals surface area contributed by atoms with E-state index >= 15 is 0 Å². The second-order valence-electron chi connectivity index (χ2n) is 7.79. The standard InChI is InChI=1S/C24H28N6O4.ClH/c1-3-4-13-29-20-21(26-23(29)28-15-11-25-12-16-28)27-24(34-17-19(31)33-2)30(22(20)32)14-10-18-8-6-5-7-9-18;/h5-9,25H,10-17H2,1-2H3;1H. The number of methoxy groups -OCH3 is 1. The predicted molar refractivity (Wildman–Crippen MR) is 135 cm³/mol. The van der Waals surface area contributed by atoms with Gasteiger partial charge in [-0.1, -0.05) is 36.3 Å². The molecule has 0 unspecified atom stereocenters. The first kappa shape index (κ1) is 26.1. The van der Waals surface area contributed by atoms with Gasteiger partial charge in [-0.25, -0.2) is 4.79 Å². The number of nitrogens with zero attached hydrogens (tertiary/aromatic N) is 5. The van der Waals surface area contributed by atoms with E-state index in [9.17, 15) is 9.59 Å². The van der Waals surface area contributed by atoms with Crippen molar-refractivity contribution < 1.29 is 14.3 Å². The van der Waals surface area contributed by atoms with Crippen LogP contribution < -0.4 is 20.5 Å². The zero-order valence-electron chi connectivity index (χ0n) is 19.8. The van der Waals surface area contributed by atoms with Gasteiger partial charge in [0.15, 0.2) is 17.8 Å². The second kappa shape index (κ2) is 12.2. The predicted octanol–water partition coefficient (Wildman–Crippen LogP) is 1.24. The van der Waals surface area contributed by atoms with Crippen molar-refractivity contribution in [2.45, 2.75) is 26.4 Å². The van der Waals surface area contributed by atoms with Gasteiger partial charge in [0.05, 0.1) is 13.7 Å². The molecular formula is C24H29ClN6O4. The van der Waals surface area contributed by atoms with Crippen molar-refractivity contribution in [3.63, 3.8) is 0 Å². The third kappa shape index (κ3) is 5.93. The van der Waals surface area contributed by atoms with Gasteiger partial charge in [-0.3, -0.25) is 13.9 Å². The average Bonchev–Trinajstić information content (AvgIpc) is 3.25. The van der Waals surface area contributed by atoms with Crippen LogP contribution in [-0.4, -0.2) is 65.0 Å². The van der Waals surface area contributed by atoms with E-state index in [2.05, 4.69) is 31.8 Å². The van der Waals surface area contributed by atoms with Gasteiger partial charge in [0.25, 0.3) is 5.56 Å². The molecule has 2 aromatic heterocycles. The SMILES string of the molecule is CC#CCn1c(N2CCNCC2)nc2nc(OCC(=O)OC)n(CCc3ccccc3)c(=O)c21.Cl. The monoisotopic (exact) mass is 500 g/mol. The minimum absolute atomic E-state index is 0. The van der Waals surface area contributed by atoms with E-state index in [-0.39, 0.29) is 36.2 Å². The molecule has 35 heavy (non-hydrogen) atoms. The van der Waals surface area contributed by atoms with Gasteiger partial charge in [0.2, 0.25) is 5.95 Å². The number of aromatic nitrogens is 4. The Balaban J connectivity index is 0.00000342. The van der Waals surface area contributed by atoms with Gasteiger partial charge in [-0.15, -0.1) is 18.3 Å². The Morgan fingerprint density at radius 2 is 1.89 bits per heavy atom. The molecule has 1 fully saturated rings. The van der Waals surface area contributed by atoms with Crippen LogP contribution in [0.5, 0.6) is 6.01 Å². The maximum atomic E-state index is 13.8. The molecule has 0 spiro atoms. The van der Waals surface area contributed by atoms with Crippen LogP contribution in [0.1, 0.15) is 12.5 Å². The normalized spacial score (nSPS) is 13.0. The van der Waals surface area contributed by atoms with Crippen molar-refractivity contribution >= 4 is 35.5 Å². The number of esters is 1. The molecule has 0 saturated carbocycles. The number of rotatable bonds is 8. The van der Waals surface area contributed by atoms with Crippen LogP contribution in [0, 0.1) is 11.8 Å². The summed E-state index contributed by atoms with van der Waals surface area (Å²) in [5.41, 5.74) is 1.43. The highest BCUT2D eigenvalue weighted by Gasteiger charge is 2.24. The molecular weight excluding hydrogens is 472 g/mol. The molecule has 3 aromatic rings. The van der Waals surface area contributed by atoms with E-state index in [1.807, 2.05) is 34.9 Å². The van der Waals surface area contributed by atoms with Crippen LogP contribution in [0.15, 0.2) is 35.1 Å². The van der Waals surface area contributed by atoms with Gasteiger partial charge in [0.1, 0.15) is 0 Å². The molecule has 1 saturated heterocycles. The first-order valence-corrected chi connectivity index (χ1v) is 11.2. The van der Waals surface area contributed by atoms with Gasteiger partial charge >= 0.3 is 12.0 Å². The van der Waals surface area contributed by atoms with Crippen LogP contribution in [0.25, 0.3) is 11.2 Å². The Labute approximate surface area is 209 Å². The van der Waals surface area contributed by atoms with E-state index < -0.39 is 5.97 Å². The fourth-order valence-electron chi connectivity index (χ4n) is 3.87. The number of nitrogens with one attached hydrogen (secondary N) is 1. The number of anilines is 1. The van der Waals surface area contributed by atoms with Crippen LogP contribution in [-0.2, 0) is 29.0 Å². The molecule has 3 heterocycles. The smallest absolute Gasteiger partial charge is 0.344 e. The van der Waals surface area contributed by atoms with Crippen molar-refractivity contribution in [2.75, 3.05) is 44.8 Å². The Morgan fingerprint density at radius 1 is 1.14 bits per heavy atom. The minimum atomic E-state index is -0.561. The average molecular weight is 501 g/mol. The van der Waals surface area contributed by atoms with Crippen molar-refractivity contribution in [3.8, 4) is 17.9 Å². The van der Waals surface area contributed by atoms with Gasteiger partial charge < -0.3 is 19.7 Å². The molecule has 186 valence electrons. The highest BCUT2D eigenvalue weighted by molar-refractivity contribution is 5.85. The van der Waals surface area contributed by atoms with E-state index in [0.29, 0.717) is 31.0 Å². The van der Waals surface area contributed by atoms with Crippen molar-refractivity contribution in [1.29, 1.82) is 0 Å². The Bertz CT molecular complexity index is 1270. The second-order valence-corrected chi connectivity index (χ2v) is 7.79. The number of ether oxygens (including phenoxy) is 2. The molecule has 0 atom stereocenters. The topological polar surface area (TPSA) is 104 Å². The van der Waals surface area contributed by atoms with E-state index in [4.69, 9.17) is 9.72 Å². The number of benzene rings is 1. The Hall–Kier alpha value is -3.55. The number of hydrogen-bond donors (Lipinski definition) is 1. The summed E-state index contributed by atoms with van der Waals surface area (Å²) in [6.45, 7) is 5.23. The summed E-state index contributed by atoms with van der Waals surface area (Å²) in [4.78, 5) is 36.8. The Morgan fingerprint density at radius 3 is 2.57 bits per heavy atom. The summed E-state index contributed by atoms with van der Waals surface area (Å²) in [6.07, 6.45) is 0.593. The van der Waals surface area contributed by atoms with Gasteiger partial charge in [-0.2, -0.15) is 9.97 Å². The largest absolute Gasteiger partial charge is 0.466 e. The first-order chi connectivity index (χ1) is 16.6. The van der Waals surface area contributed by atoms with Crippen LogP contribution in [0.4, 0.5) is 5.95 Å². The molecule has 0 bridgehead atoms. The zero-order chi connectivity index (χ0) is 23.9. The number of aryl methyl sites for hydroxylation is 1. The number of imidazole rings is 1. The number of carbonyl (C=O) groups excluding carboxylic acids is 1. The van der Waals surface area contributed by atoms with Crippen molar-refractivity contribution in [2.24, 2.45) is 0 Å². The molecule has 10 nitrogen and oxygen atoms in total. The third-order valence-corrected chi connectivity index (χ3v) is 5.64. The number of halogens is 1. The number of piperazine rings is 1. The maximum absolute atomic E-state index is 13.8. The fraction of sp³-hybridized carbons (Fsp3) is 0.417. The molecule has 1 aromatic carbocycles. The molecule has 0 aliphatic carbocycles. The maximum Gasteiger partial charge on any atom is 0.344 e. The molecule has 11 heteroatoms.